The molecule has 0 atom stereocenters. The maximum atomic E-state index is 6.26. The van der Waals surface area contributed by atoms with Crippen LogP contribution < -0.4 is 4.74 Å². The van der Waals surface area contributed by atoms with E-state index in [0.717, 1.165) is 29.9 Å². The van der Waals surface area contributed by atoms with E-state index >= 15 is 0 Å². The molecule has 0 fully saturated rings. The molecule has 0 amide bonds. The van der Waals surface area contributed by atoms with Gasteiger partial charge in [-0.05, 0) is 36.2 Å². The van der Waals surface area contributed by atoms with Crippen molar-refractivity contribution in [3.05, 3.63) is 51.5 Å². The van der Waals surface area contributed by atoms with Gasteiger partial charge in [0, 0.05) is 10.6 Å². The molecule has 0 spiro atoms. The summed E-state index contributed by atoms with van der Waals surface area (Å²) in [6.45, 7) is 3.00. The minimum absolute atomic E-state index is 0.462. The number of rotatable bonds is 9. The van der Waals surface area contributed by atoms with E-state index in [1.165, 1.54) is 32.1 Å². The average molecular weight is 386 g/mol. The first-order valence-electron chi connectivity index (χ1n) is 8.49. The van der Waals surface area contributed by atoms with E-state index < -0.39 is 0 Å². The molecule has 0 saturated carbocycles. The summed E-state index contributed by atoms with van der Waals surface area (Å²) in [5.74, 6) is 0.878. The van der Waals surface area contributed by atoms with Gasteiger partial charge in [-0.2, -0.15) is 0 Å². The number of ether oxygens (including phenoxy) is 1. The summed E-state index contributed by atoms with van der Waals surface area (Å²) in [6, 6.07) is 11.4. The van der Waals surface area contributed by atoms with E-state index in [0.29, 0.717) is 15.1 Å². The van der Waals surface area contributed by atoms with Crippen LogP contribution in [0.1, 0.15) is 45.4 Å². The lowest BCUT2D eigenvalue weighted by atomic mass is 10.1. The van der Waals surface area contributed by atoms with E-state index in [1.807, 2.05) is 24.3 Å². The molecule has 0 heterocycles. The Morgan fingerprint density at radius 2 is 1.38 bits per heavy atom. The van der Waals surface area contributed by atoms with Crippen molar-refractivity contribution in [2.75, 3.05) is 6.61 Å². The lowest BCUT2D eigenvalue weighted by Crippen LogP contribution is -1.97. The third kappa shape index (κ3) is 5.88. The number of hydrogen-bond donors (Lipinski definition) is 0. The molecule has 0 aliphatic heterocycles. The Balaban J connectivity index is 1.86. The lowest BCUT2D eigenvalue weighted by Gasteiger charge is -2.09. The zero-order valence-corrected chi connectivity index (χ0v) is 16.2. The van der Waals surface area contributed by atoms with Crippen molar-refractivity contribution < 1.29 is 4.74 Å². The van der Waals surface area contributed by atoms with E-state index in [4.69, 9.17) is 39.5 Å². The van der Waals surface area contributed by atoms with E-state index in [-0.39, 0.29) is 0 Å². The highest BCUT2D eigenvalue weighted by molar-refractivity contribution is 6.44. The van der Waals surface area contributed by atoms with Gasteiger partial charge in [0.15, 0.2) is 0 Å². The lowest BCUT2D eigenvalue weighted by molar-refractivity contribution is 0.304. The standard InChI is InChI=1S/C20H23Cl3O/c1-2-3-4-5-6-7-12-24-16-10-8-15(9-11-16)17-13-19(22)20(23)14-18(17)21/h8-11,13-14H,2-7,12H2,1H3. The zero-order valence-electron chi connectivity index (χ0n) is 14.0. The summed E-state index contributed by atoms with van der Waals surface area (Å²) in [7, 11) is 0. The van der Waals surface area contributed by atoms with Crippen LogP contribution in [-0.4, -0.2) is 6.61 Å². The molecule has 0 radical (unpaired) electrons. The van der Waals surface area contributed by atoms with Gasteiger partial charge in [-0.15, -0.1) is 0 Å². The van der Waals surface area contributed by atoms with Crippen molar-refractivity contribution in [2.24, 2.45) is 0 Å². The van der Waals surface area contributed by atoms with Gasteiger partial charge in [0.05, 0.1) is 16.7 Å². The number of benzene rings is 2. The van der Waals surface area contributed by atoms with E-state index in [2.05, 4.69) is 6.92 Å². The first-order chi connectivity index (χ1) is 11.6. The number of halogens is 3. The van der Waals surface area contributed by atoms with Gasteiger partial charge in [-0.3, -0.25) is 0 Å². The largest absolute Gasteiger partial charge is 0.494 e. The minimum Gasteiger partial charge on any atom is -0.494 e. The van der Waals surface area contributed by atoms with Crippen LogP contribution in [-0.2, 0) is 0 Å². The topological polar surface area (TPSA) is 9.23 Å². The van der Waals surface area contributed by atoms with Crippen LogP contribution in [0.2, 0.25) is 15.1 Å². The van der Waals surface area contributed by atoms with Crippen LogP contribution in [0.3, 0.4) is 0 Å². The molecular formula is C20H23Cl3O. The molecule has 0 aromatic heterocycles. The molecule has 130 valence electrons. The first kappa shape index (κ1) is 19.4. The van der Waals surface area contributed by atoms with Crippen LogP contribution >= 0.6 is 34.8 Å². The van der Waals surface area contributed by atoms with E-state index in [1.54, 1.807) is 12.1 Å². The molecule has 2 aromatic carbocycles. The van der Waals surface area contributed by atoms with Gasteiger partial charge < -0.3 is 4.74 Å². The van der Waals surface area contributed by atoms with Crippen LogP contribution in [0, 0.1) is 0 Å². The quantitative estimate of drug-likeness (QED) is 0.313. The van der Waals surface area contributed by atoms with Gasteiger partial charge in [0.1, 0.15) is 5.75 Å². The van der Waals surface area contributed by atoms with Crippen molar-refractivity contribution in [3.8, 4) is 16.9 Å². The van der Waals surface area contributed by atoms with Gasteiger partial charge in [-0.25, -0.2) is 0 Å². The smallest absolute Gasteiger partial charge is 0.119 e. The summed E-state index contributed by atoms with van der Waals surface area (Å²) in [5, 5.41) is 1.55. The second-order valence-corrected chi connectivity index (χ2v) is 7.11. The molecule has 2 aromatic rings. The van der Waals surface area contributed by atoms with Crippen molar-refractivity contribution in [1.82, 2.24) is 0 Å². The third-order valence-electron chi connectivity index (χ3n) is 3.94. The maximum absolute atomic E-state index is 6.26. The SMILES string of the molecule is CCCCCCCCOc1ccc(-c2cc(Cl)c(Cl)cc2Cl)cc1. The molecule has 0 unspecified atom stereocenters. The number of unbranched alkanes of at least 4 members (excludes halogenated alkanes) is 5. The molecule has 0 N–H and O–H groups in total. The minimum atomic E-state index is 0.462. The Bertz CT molecular complexity index is 638. The van der Waals surface area contributed by atoms with Crippen LogP contribution in [0.15, 0.2) is 36.4 Å². The maximum Gasteiger partial charge on any atom is 0.119 e. The molecule has 0 aliphatic carbocycles. The van der Waals surface area contributed by atoms with Crippen molar-refractivity contribution >= 4 is 34.8 Å². The Kier molecular flexibility index (Phi) is 8.24. The van der Waals surface area contributed by atoms with Crippen molar-refractivity contribution in [2.45, 2.75) is 45.4 Å². The Labute approximate surface area is 159 Å². The van der Waals surface area contributed by atoms with Gasteiger partial charge in [0.2, 0.25) is 0 Å². The Morgan fingerprint density at radius 3 is 2.08 bits per heavy atom. The highest BCUT2D eigenvalue weighted by atomic mass is 35.5. The molecule has 0 bridgehead atoms. The monoisotopic (exact) mass is 384 g/mol. The normalized spacial score (nSPS) is 10.8. The van der Waals surface area contributed by atoms with Crippen molar-refractivity contribution in [1.29, 1.82) is 0 Å². The second kappa shape index (κ2) is 10.2. The number of hydrogen-bond acceptors (Lipinski definition) is 1. The predicted molar refractivity (Wildman–Crippen MR) is 106 cm³/mol. The summed E-state index contributed by atoms with van der Waals surface area (Å²) < 4.78 is 5.80. The summed E-state index contributed by atoms with van der Waals surface area (Å²) in [4.78, 5) is 0. The zero-order chi connectivity index (χ0) is 17.4. The van der Waals surface area contributed by atoms with Crippen LogP contribution in [0.4, 0.5) is 0 Å². The summed E-state index contributed by atoms with van der Waals surface area (Å²) >= 11 is 18.3. The first-order valence-corrected chi connectivity index (χ1v) is 9.63. The fraction of sp³-hybridized carbons (Fsp3) is 0.400. The highest BCUT2D eigenvalue weighted by Crippen LogP contribution is 2.35. The molecule has 0 saturated heterocycles. The molecule has 2 rings (SSSR count). The molecule has 0 aliphatic rings. The summed E-state index contributed by atoms with van der Waals surface area (Å²) in [6.07, 6.45) is 7.58. The van der Waals surface area contributed by atoms with Gasteiger partial charge in [0.25, 0.3) is 0 Å². The molecule has 4 heteroatoms. The second-order valence-electron chi connectivity index (χ2n) is 5.89. The van der Waals surface area contributed by atoms with Crippen LogP contribution in [0.25, 0.3) is 11.1 Å². The average Bonchev–Trinajstić information content (AvgIpc) is 2.58. The molecule has 24 heavy (non-hydrogen) atoms. The Hall–Kier alpha value is -0.890. The fourth-order valence-electron chi connectivity index (χ4n) is 2.55. The van der Waals surface area contributed by atoms with Gasteiger partial charge in [-0.1, -0.05) is 86.0 Å². The summed E-state index contributed by atoms with van der Waals surface area (Å²) in [5.41, 5.74) is 1.86. The van der Waals surface area contributed by atoms with E-state index in [9.17, 15) is 0 Å². The molecule has 1 nitrogen and oxygen atoms in total. The predicted octanol–water partition coefficient (Wildman–Crippen LogP) is 8.05. The van der Waals surface area contributed by atoms with Crippen LogP contribution in [0.5, 0.6) is 5.75 Å². The highest BCUT2D eigenvalue weighted by Gasteiger charge is 2.08. The third-order valence-corrected chi connectivity index (χ3v) is 4.98. The fourth-order valence-corrected chi connectivity index (χ4v) is 3.20. The Morgan fingerprint density at radius 1 is 0.750 bits per heavy atom. The van der Waals surface area contributed by atoms with Crippen molar-refractivity contribution in [3.63, 3.8) is 0 Å². The van der Waals surface area contributed by atoms with Gasteiger partial charge >= 0.3 is 0 Å². The molecular weight excluding hydrogens is 363 g/mol.